The van der Waals surface area contributed by atoms with Crippen molar-refractivity contribution in [1.29, 1.82) is 0 Å². The zero-order valence-corrected chi connectivity index (χ0v) is 12.8. The summed E-state index contributed by atoms with van der Waals surface area (Å²) in [5.74, 6) is -0.0413. The van der Waals surface area contributed by atoms with Gasteiger partial charge in [-0.2, -0.15) is 0 Å². The molecule has 0 radical (unpaired) electrons. The number of rotatable bonds is 5. The topological polar surface area (TPSA) is 42.0 Å². The van der Waals surface area contributed by atoms with Crippen LogP contribution in [0.4, 0.5) is 0 Å². The first kappa shape index (κ1) is 14.5. The summed E-state index contributed by atoms with van der Waals surface area (Å²) < 4.78 is 0. The smallest absolute Gasteiger partial charge is 0.251 e. The van der Waals surface area contributed by atoms with E-state index in [-0.39, 0.29) is 5.91 Å². The van der Waals surface area contributed by atoms with Gasteiger partial charge in [-0.25, -0.2) is 4.98 Å². The summed E-state index contributed by atoms with van der Waals surface area (Å²) in [4.78, 5) is 16.6. The quantitative estimate of drug-likeness (QED) is 0.779. The van der Waals surface area contributed by atoms with Crippen LogP contribution in [0.2, 0.25) is 0 Å². The van der Waals surface area contributed by atoms with Crippen molar-refractivity contribution in [2.24, 2.45) is 0 Å². The van der Waals surface area contributed by atoms with Gasteiger partial charge in [-0.05, 0) is 12.1 Å². The van der Waals surface area contributed by atoms with Gasteiger partial charge < -0.3 is 5.32 Å². The summed E-state index contributed by atoms with van der Waals surface area (Å²) >= 11 is 1.63. The minimum Gasteiger partial charge on any atom is -0.352 e. The van der Waals surface area contributed by atoms with Crippen LogP contribution < -0.4 is 5.32 Å². The minimum absolute atomic E-state index is 0.0413. The highest BCUT2D eigenvalue weighted by Gasteiger charge is 2.06. The van der Waals surface area contributed by atoms with E-state index >= 15 is 0 Å². The predicted octanol–water partition coefficient (Wildman–Crippen LogP) is 3.78. The van der Waals surface area contributed by atoms with Gasteiger partial charge in [0.25, 0.3) is 5.91 Å². The fourth-order valence-electron chi connectivity index (χ4n) is 2.14. The van der Waals surface area contributed by atoms with Crippen LogP contribution in [-0.2, 0) is 6.42 Å². The lowest BCUT2D eigenvalue weighted by Gasteiger charge is -2.03. The molecule has 0 aliphatic rings. The first-order chi connectivity index (χ1) is 10.8. The summed E-state index contributed by atoms with van der Waals surface area (Å²) in [6.07, 6.45) is 0.746. The highest BCUT2D eigenvalue weighted by molar-refractivity contribution is 7.09. The molecule has 1 N–H and O–H groups in total. The van der Waals surface area contributed by atoms with E-state index in [1.165, 1.54) is 0 Å². The van der Waals surface area contributed by atoms with Gasteiger partial charge in [0.1, 0.15) is 0 Å². The highest BCUT2D eigenvalue weighted by Crippen LogP contribution is 2.21. The number of hydrogen-bond acceptors (Lipinski definition) is 3. The van der Waals surface area contributed by atoms with Crippen LogP contribution in [0.3, 0.4) is 0 Å². The Labute approximate surface area is 133 Å². The molecule has 22 heavy (non-hydrogen) atoms. The Bertz CT molecular complexity index is 738. The molecule has 0 bridgehead atoms. The first-order valence-electron chi connectivity index (χ1n) is 7.16. The molecule has 0 spiro atoms. The molecule has 0 fully saturated rings. The van der Waals surface area contributed by atoms with Crippen molar-refractivity contribution in [2.75, 3.05) is 6.54 Å². The zero-order valence-electron chi connectivity index (χ0n) is 12.0. The molecule has 0 saturated carbocycles. The van der Waals surface area contributed by atoms with E-state index in [0.29, 0.717) is 12.1 Å². The second kappa shape index (κ2) is 7.00. The van der Waals surface area contributed by atoms with Crippen LogP contribution in [0.5, 0.6) is 0 Å². The van der Waals surface area contributed by atoms with E-state index in [9.17, 15) is 4.79 Å². The molecule has 3 rings (SSSR count). The Hall–Kier alpha value is -2.46. The Kier molecular flexibility index (Phi) is 4.61. The average molecular weight is 308 g/mol. The van der Waals surface area contributed by atoms with Crippen LogP contribution in [0.1, 0.15) is 15.4 Å². The van der Waals surface area contributed by atoms with Crippen LogP contribution >= 0.6 is 11.3 Å². The molecule has 0 unspecified atom stereocenters. The number of amides is 1. The Balaban J connectivity index is 1.55. The Morgan fingerprint density at radius 1 is 1.00 bits per heavy atom. The third kappa shape index (κ3) is 3.59. The lowest BCUT2D eigenvalue weighted by Crippen LogP contribution is -2.25. The number of hydrogen-bond donors (Lipinski definition) is 1. The summed E-state index contributed by atoms with van der Waals surface area (Å²) in [6, 6.07) is 19.4. The lowest BCUT2D eigenvalue weighted by molar-refractivity contribution is 0.0954. The van der Waals surface area contributed by atoms with Crippen molar-refractivity contribution in [2.45, 2.75) is 6.42 Å². The number of benzene rings is 2. The van der Waals surface area contributed by atoms with Gasteiger partial charge in [-0.3, -0.25) is 4.79 Å². The fourth-order valence-corrected chi connectivity index (χ4v) is 2.95. The van der Waals surface area contributed by atoms with Gasteiger partial charge in [0, 0.05) is 29.5 Å². The summed E-state index contributed by atoms with van der Waals surface area (Å²) in [6.45, 7) is 0.593. The predicted molar refractivity (Wildman–Crippen MR) is 90.0 cm³/mol. The summed E-state index contributed by atoms with van der Waals surface area (Å²) in [7, 11) is 0. The number of carbonyl (C=O) groups is 1. The second-order valence-electron chi connectivity index (χ2n) is 4.86. The normalized spacial score (nSPS) is 10.4. The van der Waals surface area contributed by atoms with Gasteiger partial charge in [-0.15, -0.1) is 11.3 Å². The maximum atomic E-state index is 11.9. The van der Waals surface area contributed by atoms with E-state index in [2.05, 4.69) is 27.8 Å². The minimum atomic E-state index is -0.0413. The molecule has 0 aliphatic heterocycles. The maximum absolute atomic E-state index is 11.9. The van der Waals surface area contributed by atoms with E-state index in [0.717, 1.165) is 22.7 Å². The molecular formula is C18H16N2OS. The molecule has 0 aliphatic carbocycles. The molecule has 3 nitrogen and oxygen atoms in total. The third-order valence-electron chi connectivity index (χ3n) is 3.28. The molecular weight excluding hydrogens is 292 g/mol. The molecule has 1 heterocycles. The Morgan fingerprint density at radius 2 is 1.68 bits per heavy atom. The number of nitrogens with one attached hydrogen (secondary N) is 1. The first-order valence-corrected chi connectivity index (χ1v) is 8.04. The lowest BCUT2D eigenvalue weighted by atomic mass is 10.2. The monoisotopic (exact) mass is 308 g/mol. The summed E-state index contributed by atoms with van der Waals surface area (Å²) in [5, 5.41) is 6.02. The van der Waals surface area contributed by atoms with Crippen molar-refractivity contribution in [3.8, 4) is 11.3 Å². The number of thiazole rings is 1. The molecule has 1 amide bonds. The van der Waals surface area contributed by atoms with Crippen LogP contribution in [-0.4, -0.2) is 17.4 Å². The largest absolute Gasteiger partial charge is 0.352 e. The number of aromatic nitrogens is 1. The standard InChI is InChI=1S/C18H16N2OS/c21-18(15-9-5-2-6-10-15)19-12-11-17-20-16(13-22-17)14-7-3-1-4-8-14/h1-10,13H,11-12H2,(H,19,21). The SMILES string of the molecule is O=C(NCCc1nc(-c2ccccc2)cs1)c1ccccc1. The molecule has 110 valence electrons. The van der Waals surface area contributed by atoms with E-state index in [4.69, 9.17) is 0 Å². The number of nitrogens with zero attached hydrogens (tertiary/aromatic N) is 1. The van der Waals surface area contributed by atoms with Crippen molar-refractivity contribution >= 4 is 17.2 Å². The van der Waals surface area contributed by atoms with Gasteiger partial charge in [-0.1, -0.05) is 48.5 Å². The van der Waals surface area contributed by atoms with Crippen molar-refractivity contribution in [3.63, 3.8) is 0 Å². The molecule has 1 aromatic heterocycles. The van der Waals surface area contributed by atoms with E-state index in [1.807, 2.05) is 48.5 Å². The summed E-state index contributed by atoms with van der Waals surface area (Å²) in [5.41, 5.74) is 2.81. The number of carbonyl (C=O) groups excluding carboxylic acids is 1. The van der Waals surface area contributed by atoms with Gasteiger partial charge in [0.05, 0.1) is 10.7 Å². The molecule has 0 atom stereocenters. The third-order valence-corrected chi connectivity index (χ3v) is 4.19. The van der Waals surface area contributed by atoms with Crippen molar-refractivity contribution in [1.82, 2.24) is 10.3 Å². The van der Waals surface area contributed by atoms with Crippen molar-refractivity contribution < 1.29 is 4.79 Å². The van der Waals surface area contributed by atoms with Crippen molar-refractivity contribution in [3.05, 3.63) is 76.6 Å². The second-order valence-corrected chi connectivity index (χ2v) is 5.81. The average Bonchev–Trinajstić information content (AvgIpc) is 3.05. The van der Waals surface area contributed by atoms with Crippen LogP contribution in [0.25, 0.3) is 11.3 Å². The zero-order chi connectivity index (χ0) is 15.2. The van der Waals surface area contributed by atoms with Gasteiger partial charge in [0.2, 0.25) is 0 Å². The van der Waals surface area contributed by atoms with Crippen LogP contribution in [0, 0.1) is 0 Å². The van der Waals surface area contributed by atoms with Gasteiger partial charge >= 0.3 is 0 Å². The fraction of sp³-hybridized carbons (Fsp3) is 0.111. The Morgan fingerprint density at radius 3 is 2.41 bits per heavy atom. The van der Waals surface area contributed by atoms with E-state index < -0.39 is 0 Å². The molecule has 2 aromatic carbocycles. The van der Waals surface area contributed by atoms with Crippen LogP contribution in [0.15, 0.2) is 66.0 Å². The van der Waals surface area contributed by atoms with E-state index in [1.54, 1.807) is 11.3 Å². The molecule has 3 aromatic rings. The molecule has 4 heteroatoms. The highest BCUT2D eigenvalue weighted by atomic mass is 32.1. The van der Waals surface area contributed by atoms with Gasteiger partial charge in [0.15, 0.2) is 0 Å². The maximum Gasteiger partial charge on any atom is 0.251 e. The molecule has 0 saturated heterocycles.